The van der Waals surface area contributed by atoms with E-state index in [0.29, 0.717) is 4.90 Å². The van der Waals surface area contributed by atoms with Crippen molar-refractivity contribution in [3.05, 3.63) is 28.8 Å². The van der Waals surface area contributed by atoms with Gasteiger partial charge in [-0.1, -0.05) is 26.8 Å². The van der Waals surface area contributed by atoms with Crippen molar-refractivity contribution in [3.8, 4) is 0 Å². The van der Waals surface area contributed by atoms with Crippen LogP contribution in [0.4, 0.5) is 0 Å². The molecule has 1 aromatic carbocycles. The second kappa shape index (κ2) is 7.29. The van der Waals surface area contributed by atoms with Crippen LogP contribution < -0.4 is 18.9 Å². The zero-order chi connectivity index (χ0) is 11.4. The Bertz CT molecular complexity index is 383. The van der Waals surface area contributed by atoms with Gasteiger partial charge in [0.2, 0.25) is 0 Å². The third-order valence-corrected chi connectivity index (χ3v) is 3.52. The molecule has 4 heteroatoms. The minimum Gasteiger partial charge on any atom is -1.00 e. The number of hydrogen-bond acceptors (Lipinski definition) is 1. The summed E-state index contributed by atoms with van der Waals surface area (Å²) < 4.78 is 20.4. The summed E-state index contributed by atoms with van der Waals surface area (Å²) in [5, 5.41) is 0. The molecule has 0 saturated carbocycles. The van der Waals surface area contributed by atoms with Crippen molar-refractivity contribution in [3.63, 3.8) is 0 Å². The zero-order valence-corrected chi connectivity index (χ0v) is 11.4. The molecule has 0 aliphatic carbocycles. The van der Waals surface area contributed by atoms with E-state index in [1.165, 1.54) is 11.1 Å². The summed E-state index contributed by atoms with van der Waals surface area (Å²) >= 11 is -1.86. The third kappa shape index (κ3) is 3.21. The molecule has 1 N–H and O–H groups in total. The molecule has 0 fully saturated rings. The van der Waals surface area contributed by atoms with Gasteiger partial charge in [-0.25, -0.2) is 4.21 Å². The maximum atomic E-state index is 11.2. The van der Waals surface area contributed by atoms with Crippen molar-refractivity contribution in [1.82, 2.24) is 0 Å². The first-order chi connectivity index (χ1) is 7.15. The summed E-state index contributed by atoms with van der Waals surface area (Å²) in [7, 11) is 0. The molecule has 0 aliphatic rings. The van der Waals surface area contributed by atoms with Crippen LogP contribution in [0.1, 0.15) is 38.9 Å². The van der Waals surface area contributed by atoms with Crippen molar-refractivity contribution in [2.45, 2.75) is 44.9 Å². The smallest absolute Gasteiger partial charge is 1.00 e. The first kappa shape index (κ1) is 15.9. The molecule has 1 unspecified atom stereocenters. The molecule has 1 rings (SSSR count). The van der Waals surface area contributed by atoms with E-state index < -0.39 is 11.1 Å². The Balaban J connectivity index is 0. The molecule has 0 bridgehead atoms. The second-order valence-corrected chi connectivity index (χ2v) is 4.43. The summed E-state index contributed by atoms with van der Waals surface area (Å²) in [6.07, 6.45) is 2.73. The number of benzene rings is 1. The van der Waals surface area contributed by atoms with E-state index in [-0.39, 0.29) is 20.3 Å². The molecule has 1 atom stereocenters. The Labute approximate surface area is 114 Å². The molecular formula is C12H19LiO2S. The van der Waals surface area contributed by atoms with Gasteiger partial charge in [0.25, 0.3) is 0 Å². The van der Waals surface area contributed by atoms with Crippen LogP contribution in [0.25, 0.3) is 0 Å². The maximum Gasteiger partial charge on any atom is 1.00 e. The van der Waals surface area contributed by atoms with Crippen LogP contribution in [0.15, 0.2) is 17.0 Å². The standard InChI is InChI=1S/C12H18O2S.Li.H/c1-4-9-7-8-12(15(13)14)11(6-3)10(9)5-2;;/h7-8H,4-6H2,1-3H3,(H,13,14);;/q;+1;-1. The quantitative estimate of drug-likeness (QED) is 0.591. The van der Waals surface area contributed by atoms with Gasteiger partial charge in [-0.2, -0.15) is 0 Å². The molecule has 2 nitrogen and oxygen atoms in total. The van der Waals surface area contributed by atoms with Gasteiger partial charge in [0.1, 0.15) is 0 Å². The Hall–Kier alpha value is -0.0726. The van der Waals surface area contributed by atoms with Crippen LogP contribution in [-0.4, -0.2) is 8.76 Å². The van der Waals surface area contributed by atoms with Gasteiger partial charge in [0.15, 0.2) is 11.1 Å². The maximum absolute atomic E-state index is 11.2. The molecule has 1 aromatic rings. The molecule has 0 spiro atoms. The van der Waals surface area contributed by atoms with Crippen molar-refractivity contribution >= 4 is 11.1 Å². The fourth-order valence-corrected chi connectivity index (χ4v) is 2.71. The molecule has 0 aromatic heterocycles. The minimum atomic E-state index is -1.86. The molecule has 0 radical (unpaired) electrons. The van der Waals surface area contributed by atoms with Crippen molar-refractivity contribution in [2.75, 3.05) is 0 Å². The van der Waals surface area contributed by atoms with Crippen LogP contribution in [0.5, 0.6) is 0 Å². The number of aryl methyl sites for hydroxylation is 1. The van der Waals surface area contributed by atoms with Gasteiger partial charge in [-0.15, -0.1) is 0 Å². The molecule has 0 heterocycles. The van der Waals surface area contributed by atoms with Crippen LogP contribution in [0.3, 0.4) is 0 Å². The second-order valence-electron chi connectivity index (χ2n) is 3.49. The topological polar surface area (TPSA) is 37.3 Å². The molecule has 0 amide bonds. The molecule has 86 valence electrons. The summed E-state index contributed by atoms with van der Waals surface area (Å²) in [5.41, 5.74) is 3.60. The Morgan fingerprint density at radius 3 is 2.06 bits per heavy atom. The molecular weight excluding hydrogens is 215 g/mol. The van der Waals surface area contributed by atoms with E-state index in [9.17, 15) is 8.76 Å². The summed E-state index contributed by atoms with van der Waals surface area (Å²) in [4.78, 5) is 0.576. The predicted octanol–water partition coefficient (Wildman–Crippen LogP) is 0.0709. The first-order valence-corrected chi connectivity index (χ1v) is 6.50. The van der Waals surface area contributed by atoms with E-state index in [0.717, 1.165) is 24.8 Å². The number of rotatable bonds is 4. The largest absolute Gasteiger partial charge is 1.00 e. The summed E-state index contributed by atoms with van der Waals surface area (Å²) in [6.45, 7) is 6.24. The number of hydrogen-bond donors (Lipinski definition) is 1. The van der Waals surface area contributed by atoms with Crippen molar-refractivity contribution in [2.24, 2.45) is 0 Å². The Kier molecular flexibility index (Phi) is 7.26. The van der Waals surface area contributed by atoms with Crippen LogP contribution in [0, 0.1) is 0 Å². The van der Waals surface area contributed by atoms with E-state index in [1.54, 1.807) is 6.07 Å². The summed E-state index contributed by atoms with van der Waals surface area (Å²) in [5.74, 6) is 0. The fraction of sp³-hybridized carbons (Fsp3) is 0.500. The van der Waals surface area contributed by atoms with Gasteiger partial charge >= 0.3 is 18.9 Å². The SMILES string of the molecule is CCc1ccc(S(=O)O)c(CC)c1CC.[H-].[Li+]. The molecule has 0 aliphatic heterocycles. The zero-order valence-electron chi connectivity index (χ0n) is 11.5. The van der Waals surface area contributed by atoms with E-state index >= 15 is 0 Å². The minimum absolute atomic E-state index is 0. The van der Waals surface area contributed by atoms with E-state index in [1.807, 2.05) is 13.0 Å². The monoisotopic (exact) mass is 234 g/mol. The third-order valence-electron chi connectivity index (χ3n) is 2.76. The Morgan fingerprint density at radius 2 is 1.69 bits per heavy atom. The average Bonchev–Trinajstić information content (AvgIpc) is 2.26. The molecule has 0 saturated heterocycles. The fourth-order valence-electron chi connectivity index (χ4n) is 2.04. The van der Waals surface area contributed by atoms with Crippen LogP contribution >= 0.6 is 0 Å². The van der Waals surface area contributed by atoms with Gasteiger partial charge in [0.05, 0.1) is 4.90 Å². The van der Waals surface area contributed by atoms with Gasteiger partial charge in [0, 0.05) is 0 Å². The first-order valence-electron chi connectivity index (χ1n) is 5.40. The Morgan fingerprint density at radius 1 is 1.12 bits per heavy atom. The summed E-state index contributed by atoms with van der Waals surface area (Å²) in [6, 6.07) is 3.76. The van der Waals surface area contributed by atoms with Gasteiger partial charge < -0.3 is 5.98 Å². The van der Waals surface area contributed by atoms with E-state index in [4.69, 9.17) is 0 Å². The van der Waals surface area contributed by atoms with Crippen LogP contribution in [0.2, 0.25) is 0 Å². The van der Waals surface area contributed by atoms with Crippen LogP contribution in [-0.2, 0) is 30.3 Å². The van der Waals surface area contributed by atoms with E-state index in [2.05, 4.69) is 13.8 Å². The van der Waals surface area contributed by atoms with Crippen molar-refractivity contribution in [1.29, 1.82) is 0 Å². The predicted molar refractivity (Wildman–Crippen MR) is 64.7 cm³/mol. The average molecular weight is 234 g/mol. The van der Waals surface area contributed by atoms with Gasteiger partial charge in [-0.05, 0) is 42.0 Å². The molecule has 16 heavy (non-hydrogen) atoms. The van der Waals surface area contributed by atoms with Gasteiger partial charge in [-0.3, -0.25) is 0 Å². The normalized spacial score (nSPS) is 12.0. The van der Waals surface area contributed by atoms with Crippen molar-refractivity contribution < 1.29 is 29.0 Å².